The molecule has 0 radical (unpaired) electrons. The maximum absolute atomic E-state index is 12.1. The number of nitrogens with one attached hydrogen (secondary N) is 1. The third-order valence-corrected chi connectivity index (χ3v) is 3.96. The number of carboxylic acids is 1. The van der Waals surface area contributed by atoms with Gasteiger partial charge in [-0.1, -0.05) is 19.3 Å². The van der Waals surface area contributed by atoms with Gasteiger partial charge in [0.2, 0.25) is 0 Å². The summed E-state index contributed by atoms with van der Waals surface area (Å²) < 4.78 is 1.78. The highest BCUT2D eigenvalue weighted by atomic mass is 16.4. The summed E-state index contributed by atoms with van der Waals surface area (Å²) in [6.45, 7) is 2.62. The van der Waals surface area contributed by atoms with Crippen molar-refractivity contribution in [3.05, 3.63) is 47.8 Å². The number of aliphatic carboxylic acids is 1. The quantitative estimate of drug-likeness (QED) is 0.648. The van der Waals surface area contributed by atoms with Crippen LogP contribution in [0.4, 0.5) is 0 Å². The molecule has 0 fully saturated rings. The van der Waals surface area contributed by atoms with E-state index in [9.17, 15) is 9.59 Å². The van der Waals surface area contributed by atoms with Gasteiger partial charge in [0, 0.05) is 24.7 Å². The first-order valence-corrected chi connectivity index (χ1v) is 8.68. The van der Waals surface area contributed by atoms with Crippen LogP contribution in [0.5, 0.6) is 0 Å². The average molecular weight is 343 g/mol. The summed E-state index contributed by atoms with van der Waals surface area (Å²) >= 11 is 0. The zero-order chi connectivity index (χ0) is 18.1. The second kappa shape index (κ2) is 9.61. The Morgan fingerprint density at radius 2 is 1.76 bits per heavy atom. The van der Waals surface area contributed by atoms with E-state index < -0.39 is 5.97 Å². The van der Waals surface area contributed by atoms with Crippen LogP contribution in [0.1, 0.15) is 54.4 Å². The van der Waals surface area contributed by atoms with Gasteiger partial charge in [0.25, 0.3) is 5.91 Å². The first-order chi connectivity index (χ1) is 12.1. The van der Waals surface area contributed by atoms with Crippen molar-refractivity contribution in [1.82, 2.24) is 15.1 Å². The van der Waals surface area contributed by atoms with Gasteiger partial charge in [-0.25, -0.2) is 4.68 Å². The summed E-state index contributed by atoms with van der Waals surface area (Å²) in [5, 5.41) is 15.7. The molecule has 0 aliphatic rings. The van der Waals surface area contributed by atoms with Crippen LogP contribution in [-0.4, -0.2) is 33.3 Å². The molecule has 1 aromatic heterocycles. The number of hydrogen-bond acceptors (Lipinski definition) is 3. The molecule has 25 heavy (non-hydrogen) atoms. The minimum atomic E-state index is -0.735. The minimum absolute atomic E-state index is 0.0749. The molecular weight excluding hydrogens is 318 g/mol. The second-order valence-corrected chi connectivity index (χ2v) is 6.18. The highest BCUT2D eigenvalue weighted by molar-refractivity contribution is 5.94. The Labute approximate surface area is 147 Å². The molecule has 134 valence electrons. The van der Waals surface area contributed by atoms with Crippen LogP contribution in [0, 0.1) is 6.92 Å². The number of aromatic nitrogens is 2. The Morgan fingerprint density at radius 3 is 2.40 bits per heavy atom. The Morgan fingerprint density at radius 1 is 1.08 bits per heavy atom. The molecule has 0 saturated heterocycles. The van der Waals surface area contributed by atoms with E-state index in [2.05, 4.69) is 10.4 Å². The number of carbonyl (C=O) groups is 2. The lowest BCUT2D eigenvalue weighted by atomic mass is 10.1. The number of carbonyl (C=O) groups excluding carboxylic acids is 1. The molecule has 1 heterocycles. The smallest absolute Gasteiger partial charge is 0.303 e. The number of unbranched alkanes of at least 4 members (excludes halogenated alkanes) is 4. The maximum Gasteiger partial charge on any atom is 0.303 e. The van der Waals surface area contributed by atoms with E-state index in [0.717, 1.165) is 43.4 Å². The van der Waals surface area contributed by atoms with Crippen LogP contribution in [0.3, 0.4) is 0 Å². The molecule has 0 bridgehead atoms. The lowest BCUT2D eigenvalue weighted by Gasteiger charge is -2.06. The topological polar surface area (TPSA) is 84.2 Å². The monoisotopic (exact) mass is 343 g/mol. The van der Waals surface area contributed by atoms with Gasteiger partial charge in [-0.3, -0.25) is 9.59 Å². The fourth-order valence-electron chi connectivity index (χ4n) is 2.56. The van der Waals surface area contributed by atoms with Crippen molar-refractivity contribution in [1.29, 1.82) is 0 Å². The molecule has 1 aromatic carbocycles. The van der Waals surface area contributed by atoms with Gasteiger partial charge in [-0.15, -0.1) is 0 Å². The van der Waals surface area contributed by atoms with Gasteiger partial charge in [0.15, 0.2) is 0 Å². The molecule has 6 heteroatoms. The molecule has 0 unspecified atom stereocenters. The largest absolute Gasteiger partial charge is 0.481 e. The summed E-state index contributed by atoms with van der Waals surface area (Å²) in [5.74, 6) is -0.810. The lowest BCUT2D eigenvalue weighted by Crippen LogP contribution is -2.24. The van der Waals surface area contributed by atoms with Crippen LogP contribution >= 0.6 is 0 Å². The summed E-state index contributed by atoms with van der Waals surface area (Å²) in [6, 6.07) is 7.36. The third kappa shape index (κ3) is 6.41. The predicted molar refractivity (Wildman–Crippen MR) is 96.0 cm³/mol. The molecular formula is C19H25N3O3. The van der Waals surface area contributed by atoms with Crippen LogP contribution in [0.25, 0.3) is 5.69 Å². The zero-order valence-electron chi connectivity index (χ0n) is 14.6. The Hall–Kier alpha value is -2.63. The third-order valence-electron chi connectivity index (χ3n) is 3.96. The summed E-state index contributed by atoms with van der Waals surface area (Å²) in [5.41, 5.74) is 2.64. The summed E-state index contributed by atoms with van der Waals surface area (Å²) in [6.07, 6.45) is 8.53. The highest BCUT2D eigenvalue weighted by Gasteiger charge is 2.05. The number of aryl methyl sites for hydroxylation is 1. The Kier molecular flexibility index (Phi) is 7.19. The molecule has 0 aliphatic carbocycles. The Bertz CT molecular complexity index is 692. The molecule has 1 amide bonds. The van der Waals surface area contributed by atoms with E-state index in [4.69, 9.17) is 5.11 Å². The van der Waals surface area contributed by atoms with Gasteiger partial charge < -0.3 is 10.4 Å². The highest BCUT2D eigenvalue weighted by Crippen LogP contribution is 2.10. The number of carboxylic acid groups (broad SMARTS) is 1. The maximum atomic E-state index is 12.1. The summed E-state index contributed by atoms with van der Waals surface area (Å²) in [4.78, 5) is 22.5. The van der Waals surface area contributed by atoms with Crippen LogP contribution in [0.15, 0.2) is 36.7 Å². The zero-order valence-corrected chi connectivity index (χ0v) is 14.6. The van der Waals surface area contributed by atoms with E-state index in [1.165, 1.54) is 0 Å². The normalized spacial score (nSPS) is 10.6. The van der Waals surface area contributed by atoms with E-state index in [1.807, 2.05) is 25.3 Å². The number of hydrogen-bond donors (Lipinski definition) is 2. The van der Waals surface area contributed by atoms with Crippen molar-refractivity contribution in [3.8, 4) is 5.69 Å². The number of benzene rings is 1. The average Bonchev–Trinajstić information content (AvgIpc) is 3.03. The molecule has 2 aromatic rings. The lowest BCUT2D eigenvalue weighted by molar-refractivity contribution is -0.137. The van der Waals surface area contributed by atoms with Crippen molar-refractivity contribution in [2.75, 3.05) is 6.54 Å². The molecule has 2 rings (SSSR count). The fourth-order valence-corrected chi connectivity index (χ4v) is 2.56. The number of amides is 1. The molecule has 6 nitrogen and oxygen atoms in total. The summed E-state index contributed by atoms with van der Waals surface area (Å²) in [7, 11) is 0. The number of rotatable bonds is 10. The van der Waals surface area contributed by atoms with E-state index >= 15 is 0 Å². The van der Waals surface area contributed by atoms with Gasteiger partial charge in [0.1, 0.15) is 0 Å². The fraction of sp³-hybridized carbons (Fsp3) is 0.421. The van der Waals surface area contributed by atoms with Gasteiger partial charge in [0.05, 0.1) is 11.9 Å². The van der Waals surface area contributed by atoms with Crippen molar-refractivity contribution < 1.29 is 14.7 Å². The van der Waals surface area contributed by atoms with Crippen molar-refractivity contribution in [3.63, 3.8) is 0 Å². The molecule has 0 aliphatic heterocycles. The van der Waals surface area contributed by atoms with Crippen LogP contribution in [-0.2, 0) is 4.79 Å². The molecule has 2 N–H and O–H groups in total. The SMILES string of the molecule is Cc1cnn(-c2ccc(C(=O)NCCCCCCCC(=O)O)cc2)c1. The van der Waals surface area contributed by atoms with Crippen molar-refractivity contribution >= 4 is 11.9 Å². The van der Waals surface area contributed by atoms with Crippen LogP contribution < -0.4 is 5.32 Å². The van der Waals surface area contributed by atoms with E-state index in [-0.39, 0.29) is 12.3 Å². The van der Waals surface area contributed by atoms with Crippen molar-refractivity contribution in [2.24, 2.45) is 0 Å². The van der Waals surface area contributed by atoms with E-state index in [0.29, 0.717) is 12.1 Å². The standard InChI is InChI=1S/C19H25N3O3/c1-15-13-21-22(14-15)17-10-8-16(9-11-17)19(25)20-12-6-4-2-3-5-7-18(23)24/h8-11,13-14H,2-7,12H2,1H3,(H,20,25)(H,23,24). The van der Waals surface area contributed by atoms with Crippen molar-refractivity contribution in [2.45, 2.75) is 45.4 Å². The first-order valence-electron chi connectivity index (χ1n) is 8.68. The molecule has 0 atom stereocenters. The van der Waals surface area contributed by atoms with Crippen LogP contribution in [0.2, 0.25) is 0 Å². The van der Waals surface area contributed by atoms with Gasteiger partial charge in [-0.05, 0) is 49.6 Å². The van der Waals surface area contributed by atoms with Gasteiger partial charge >= 0.3 is 5.97 Å². The molecule has 0 spiro atoms. The predicted octanol–water partition coefficient (Wildman–Crippen LogP) is 3.34. The Balaban J connectivity index is 1.66. The molecule has 0 saturated carbocycles. The minimum Gasteiger partial charge on any atom is -0.481 e. The first kappa shape index (κ1) is 18.7. The van der Waals surface area contributed by atoms with Gasteiger partial charge in [-0.2, -0.15) is 5.10 Å². The number of nitrogens with zero attached hydrogens (tertiary/aromatic N) is 2. The van der Waals surface area contributed by atoms with E-state index in [1.54, 1.807) is 23.0 Å². The second-order valence-electron chi connectivity index (χ2n) is 6.18.